The summed E-state index contributed by atoms with van der Waals surface area (Å²) in [5, 5.41) is 8.76. The van der Waals surface area contributed by atoms with Crippen molar-refractivity contribution < 1.29 is 10.0 Å². The Morgan fingerprint density at radius 1 is 1.35 bits per heavy atom. The van der Waals surface area contributed by atoms with Gasteiger partial charge in [-0.25, -0.2) is 5.48 Å². The first-order valence-corrected chi connectivity index (χ1v) is 7.37. The topological polar surface area (TPSA) is 52.6 Å². The van der Waals surface area contributed by atoms with Crippen molar-refractivity contribution in [2.24, 2.45) is 5.41 Å². The van der Waals surface area contributed by atoms with Crippen LogP contribution in [0.2, 0.25) is 0 Å². The van der Waals surface area contributed by atoms with Crippen LogP contribution in [0.5, 0.6) is 0 Å². The average Bonchev–Trinajstić information content (AvgIpc) is 2.45. The molecule has 1 amide bonds. The van der Waals surface area contributed by atoms with Crippen LogP contribution < -0.4 is 5.48 Å². The number of amides is 1. The standard InChI is InChI=1S/C16H22N2O2/c1-18-8-2-6-16(11-18)7-5-12-3-4-13(15(19)17-20)9-14(12)10-16/h3-4,9,20H,2,5-8,10-11H2,1H3,(H,17,19). The first-order valence-electron chi connectivity index (χ1n) is 7.37. The van der Waals surface area contributed by atoms with Crippen molar-refractivity contribution in [1.82, 2.24) is 10.4 Å². The van der Waals surface area contributed by atoms with E-state index in [4.69, 9.17) is 5.21 Å². The maximum Gasteiger partial charge on any atom is 0.274 e. The molecule has 1 aliphatic heterocycles. The highest BCUT2D eigenvalue weighted by molar-refractivity contribution is 5.93. The quantitative estimate of drug-likeness (QED) is 0.608. The highest BCUT2D eigenvalue weighted by Gasteiger charge is 2.37. The Bertz CT molecular complexity index is 529. The molecule has 1 aromatic carbocycles. The minimum absolute atomic E-state index is 0.383. The lowest BCUT2D eigenvalue weighted by atomic mass is 9.67. The number of nitrogens with zero attached hydrogens (tertiary/aromatic N) is 1. The normalized spacial score (nSPS) is 26.3. The Hall–Kier alpha value is -1.39. The number of rotatable bonds is 1. The van der Waals surface area contributed by atoms with Crippen molar-refractivity contribution in [3.8, 4) is 0 Å². The van der Waals surface area contributed by atoms with Gasteiger partial charge in [-0.05, 0) is 74.4 Å². The summed E-state index contributed by atoms with van der Waals surface area (Å²) in [6, 6.07) is 5.80. The second-order valence-electron chi connectivity index (χ2n) is 6.44. The Balaban J connectivity index is 1.87. The number of carbonyl (C=O) groups excluding carboxylic acids is 1. The maximum absolute atomic E-state index is 11.5. The number of fused-ring (bicyclic) bond motifs is 1. The maximum atomic E-state index is 11.5. The van der Waals surface area contributed by atoms with Gasteiger partial charge in [0.2, 0.25) is 0 Å². The third-order valence-corrected chi connectivity index (χ3v) is 4.91. The van der Waals surface area contributed by atoms with Crippen LogP contribution in [0.3, 0.4) is 0 Å². The molecule has 108 valence electrons. The molecule has 1 spiro atoms. The number of hydroxylamine groups is 1. The number of hydrogen-bond donors (Lipinski definition) is 2. The lowest BCUT2D eigenvalue weighted by molar-refractivity contribution is 0.0705. The second-order valence-corrected chi connectivity index (χ2v) is 6.44. The van der Waals surface area contributed by atoms with Gasteiger partial charge >= 0.3 is 0 Å². The minimum atomic E-state index is -0.423. The molecule has 0 aromatic heterocycles. The highest BCUT2D eigenvalue weighted by atomic mass is 16.5. The third-order valence-electron chi connectivity index (χ3n) is 4.91. The van der Waals surface area contributed by atoms with Gasteiger partial charge in [-0.2, -0.15) is 0 Å². The molecule has 1 aliphatic carbocycles. The first kappa shape index (κ1) is 13.6. The van der Waals surface area contributed by atoms with E-state index < -0.39 is 5.91 Å². The molecule has 3 rings (SSSR count). The summed E-state index contributed by atoms with van der Waals surface area (Å²) in [5.41, 5.74) is 5.30. The monoisotopic (exact) mass is 274 g/mol. The van der Waals surface area contributed by atoms with Gasteiger partial charge in [-0.1, -0.05) is 6.07 Å². The Morgan fingerprint density at radius 2 is 2.20 bits per heavy atom. The molecule has 0 saturated carbocycles. The van der Waals surface area contributed by atoms with Crippen LogP contribution in [0.15, 0.2) is 18.2 Å². The molecule has 1 unspecified atom stereocenters. The SMILES string of the molecule is CN1CCCC2(CCc3ccc(C(=O)NO)cc3C2)C1. The molecular formula is C16H22N2O2. The van der Waals surface area contributed by atoms with Crippen molar-refractivity contribution in [3.05, 3.63) is 34.9 Å². The van der Waals surface area contributed by atoms with Crippen molar-refractivity contribution in [3.63, 3.8) is 0 Å². The highest BCUT2D eigenvalue weighted by Crippen LogP contribution is 2.42. The first-order chi connectivity index (χ1) is 9.62. The van der Waals surface area contributed by atoms with Gasteiger partial charge in [0.15, 0.2) is 0 Å². The van der Waals surface area contributed by atoms with E-state index >= 15 is 0 Å². The van der Waals surface area contributed by atoms with Gasteiger partial charge in [-0.15, -0.1) is 0 Å². The van der Waals surface area contributed by atoms with E-state index in [2.05, 4.69) is 11.9 Å². The molecule has 1 saturated heterocycles. The van der Waals surface area contributed by atoms with Crippen LogP contribution in [0, 0.1) is 5.41 Å². The number of hydrogen-bond acceptors (Lipinski definition) is 3. The average molecular weight is 274 g/mol. The zero-order valence-corrected chi connectivity index (χ0v) is 12.0. The smallest absolute Gasteiger partial charge is 0.274 e. The number of benzene rings is 1. The van der Waals surface area contributed by atoms with E-state index in [0.29, 0.717) is 11.0 Å². The van der Waals surface area contributed by atoms with E-state index in [1.807, 2.05) is 12.1 Å². The molecular weight excluding hydrogens is 252 g/mol. The summed E-state index contributed by atoms with van der Waals surface area (Å²) in [5.74, 6) is -0.423. The van der Waals surface area contributed by atoms with Gasteiger partial charge in [0.25, 0.3) is 5.91 Å². The third kappa shape index (κ3) is 2.45. The summed E-state index contributed by atoms with van der Waals surface area (Å²) in [7, 11) is 2.20. The second kappa shape index (κ2) is 5.19. The van der Waals surface area contributed by atoms with Crippen LogP contribution in [0.1, 0.15) is 40.7 Å². The summed E-state index contributed by atoms with van der Waals surface area (Å²) >= 11 is 0. The lowest BCUT2D eigenvalue weighted by Crippen LogP contribution is -2.44. The van der Waals surface area contributed by atoms with Crippen LogP contribution in [0.4, 0.5) is 0 Å². The summed E-state index contributed by atoms with van der Waals surface area (Å²) in [6.07, 6.45) is 5.95. The predicted octanol–water partition coefficient (Wildman–Crippen LogP) is 2.01. The van der Waals surface area contributed by atoms with Crippen molar-refractivity contribution in [1.29, 1.82) is 0 Å². The molecule has 1 atom stereocenters. The van der Waals surface area contributed by atoms with E-state index in [-0.39, 0.29) is 0 Å². The van der Waals surface area contributed by atoms with Gasteiger partial charge < -0.3 is 4.90 Å². The molecule has 1 fully saturated rings. The number of nitrogens with one attached hydrogen (secondary N) is 1. The Labute approximate surface area is 119 Å². The Morgan fingerprint density at radius 3 is 2.95 bits per heavy atom. The molecule has 20 heavy (non-hydrogen) atoms. The number of aryl methyl sites for hydroxylation is 1. The van der Waals surface area contributed by atoms with E-state index in [0.717, 1.165) is 19.4 Å². The van der Waals surface area contributed by atoms with Gasteiger partial charge in [0.05, 0.1) is 0 Å². The van der Waals surface area contributed by atoms with E-state index in [9.17, 15) is 4.79 Å². The van der Waals surface area contributed by atoms with Crippen LogP contribution in [-0.4, -0.2) is 36.2 Å². The fraction of sp³-hybridized carbons (Fsp3) is 0.562. The zero-order chi connectivity index (χ0) is 14.2. The van der Waals surface area contributed by atoms with E-state index in [1.165, 1.54) is 36.9 Å². The molecule has 0 radical (unpaired) electrons. The van der Waals surface area contributed by atoms with Crippen LogP contribution in [0.25, 0.3) is 0 Å². The van der Waals surface area contributed by atoms with Gasteiger partial charge in [0.1, 0.15) is 0 Å². The van der Waals surface area contributed by atoms with Crippen molar-refractivity contribution in [2.45, 2.75) is 32.1 Å². The lowest BCUT2D eigenvalue weighted by Gasteiger charge is -2.44. The molecule has 1 heterocycles. The fourth-order valence-electron chi connectivity index (χ4n) is 3.94. The molecule has 2 N–H and O–H groups in total. The molecule has 2 aliphatic rings. The van der Waals surface area contributed by atoms with Gasteiger partial charge in [-0.3, -0.25) is 10.0 Å². The zero-order valence-electron chi connectivity index (χ0n) is 12.0. The van der Waals surface area contributed by atoms with Crippen molar-refractivity contribution in [2.75, 3.05) is 20.1 Å². The summed E-state index contributed by atoms with van der Waals surface area (Å²) in [4.78, 5) is 14.0. The molecule has 4 heteroatoms. The number of carbonyl (C=O) groups is 1. The van der Waals surface area contributed by atoms with E-state index in [1.54, 1.807) is 11.5 Å². The van der Waals surface area contributed by atoms with Crippen molar-refractivity contribution >= 4 is 5.91 Å². The number of piperidine rings is 1. The van der Waals surface area contributed by atoms with Crippen LogP contribution >= 0.6 is 0 Å². The van der Waals surface area contributed by atoms with Crippen LogP contribution in [-0.2, 0) is 12.8 Å². The minimum Gasteiger partial charge on any atom is -0.306 e. The molecule has 0 bridgehead atoms. The largest absolute Gasteiger partial charge is 0.306 e. The fourth-order valence-corrected chi connectivity index (χ4v) is 3.94. The summed E-state index contributed by atoms with van der Waals surface area (Å²) in [6.45, 7) is 2.35. The predicted molar refractivity (Wildman–Crippen MR) is 76.9 cm³/mol. The molecule has 4 nitrogen and oxygen atoms in total. The van der Waals surface area contributed by atoms with Gasteiger partial charge in [0, 0.05) is 12.1 Å². The summed E-state index contributed by atoms with van der Waals surface area (Å²) < 4.78 is 0. The Kier molecular flexibility index (Phi) is 3.52. The number of likely N-dealkylation sites (tertiary alicyclic amines) is 1. The molecule has 1 aromatic rings.